The zero-order chi connectivity index (χ0) is 12.6. The molecule has 2 atom stereocenters. The number of rotatable bonds is 3. The summed E-state index contributed by atoms with van der Waals surface area (Å²) in [6.45, 7) is 3.59. The molecule has 17 heavy (non-hydrogen) atoms. The van der Waals surface area contributed by atoms with E-state index in [2.05, 4.69) is 0 Å². The lowest BCUT2D eigenvalue weighted by Crippen LogP contribution is -2.21. The molecule has 2 rings (SSSR count). The summed E-state index contributed by atoms with van der Waals surface area (Å²) in [5, 5.41) is 10.7. The molecule has 0 aliphatic heterocycles. The monoisotopic (exact) mass is 251 g/mol. The molecule has 90 valence electrons. The Hall–Kier alpha value is -1.48. The number of fused-ring (bicyclic) bond motifs is 1. The number of carboxylic acid groups (broad SMARTS) is 1. The first-order valence-corrected chi connectivity index (χ1v) is 5.88. The summed E-state index contributed by atoms with van der Waals surface area (Å²) in [5.41, 5.74) is 0.898. The molecule has 0 aliphatic carbocycles. The van der Waals surface area contributed by atoms with Crippen LogP contribution >= 0.6 is 11.6 Å². The molecule has 0 radical (unpaired) electrons. The molecule has 1 aromatic carbocycles. The fourth-order valence-electron chi connectivity index (χ4n) is 1.96. The Balaban J connectivity index is 2.52. The Morgan fingerprint density at radius 3 is 2.71 bits per heavy atom. The Morgan fingerprint density at radius 2 is 2.06 bits per heavy atom. The van der Waals surface area contributed by atoms with Crippen molar-refractivity contribution in [3.63, 3.8) is 0 Å². The van der Waals surface area contributed by atoms with Gasteiger partial charge in [0.15, 0.2) is 0 Å². The number of halogens is 1. The summed E-state index contributed by atoms with van der Waals surface area (Å²) >= 11 is 6.16. The third-order valence-corrected chi connectivity index (χ3v) is 3.55. The van der Waals surface area contributed by atoms with E-state index in [1.807, 2.05) is 42.0 Å². The first-order chi connectivity index (χ1) is 8.02. The molecular formula is C13H14ClNO2. The fraction of sp³-hybridized carbons (Fsp3) is 0.308. The van der Waals surface area contributed by atoms with Gasteiger partial charge < -0.3 is 9.67 Å². The topological polar surface area (TPSA) is 42.2 Å². The molecule has 1 aromatic heterocycles. The number of para-hydroxylation sites is 1. The number of carbonyl (C=O) groups is 1. The first kappa shape index (κ1) is 12.0. The maximum atomic E-state index is 11.0. The summed E-state index contributed by atoms with van der Waals surface area (Å²) in [5.74, 6) is -1.26. The van der Waals surface area contributed by atoms with Gasteiger partial charge in [-0.1, -0.05) is 23.7 Å². The number of nitrogens with zero attached hydrogens (tertiary/aromatic N) is 1. The number of hydrogen-bond acceptors (Lipinski definition) is 1. The molecule has 1 N–H and O–H groups in total. The molecule has 1 heterocycles. The molecule has 0 fully saturated rings. The summed E-state index contributed by atoms with van der Waals surface area (Å²) in [4.78, 5) is 11.0. The Morgan fingerprint density at radius 1 is 1.35 bits per heavy atom. The van der Waals surface area contributed by atoms with Crippen LogP contribution in [0.3, 0.4) is 0 Å². The average Bonchev–Trinajstić information content (AvgIpc) is 2.72. The molecule has 0 amide bonds. The van der Waals surface area contributed by atoms with Crippen molar-refractivity contribution in [2.24, 2.45) is 5.92 Å². The van der Waals surface area contributed by atoms with E-state index in [0.29, 0.717) is 5.02 Å². The van der Waals surface area contributed by atoms with Crippen molar-refractivity contribution in [1.82, 2.24) is 4.57 Å². The minimum Gasteiger partial charge on any atom is -0.481 e. The van der Waals surface area contributed by atoms with Gasteiger partial charge in [-0.25, -0.2) is 0 Å². The zero-order valence-electron chi connectivity index (χ0n) is 9.72. The van der Waals surface area contributed by atoms with E-state index in [1.165, 1.54) is 0 Å². The van der Waals surface area contributed by atoms with E-state index < -0.39 is 11.9 Å². The maximum absolute atomic E-state index is 11.0. The van der Waals surface area contributed by atoms with Gasteiger partial charge in [-0.3, -0.25) is 4.79 Å². The lowest BCUT2D eigenvalue weighted by molar-refractivity contribution is -0.142. The second-order valence-corrected chi connectivity index (χ2v) is 4.68. The predicted molar refractivity (Wildman–Crippen MR) is 68.5 cm³/mol. The largest absolute Gasteiger partial charge is 0.481 e. The van der Waals surface area contributed by atoms with Crippen LogP contribution in [0.15, 0.2) is 30.5 Å². The van der Waals surface area contributed by atoms with Gasteiger partial charge in [0.1, 0.15) is 0 Å². The Labute approximate surface area is 105 Å². The van der Waals surface area contributed by atoms with E-state index in [9.17, 15) is 4.79 Å². The van der Waals surface area contributed by atoms with E-state index in [1.54, 1.807) is 6.92 Å². The second-order valence-electron chi connectivity index (χ2n) is 4.27. The van der Waals surface area contributed by atoms with Crippen molar-refractivity contribution >= 4 is 28.5 Å². The molecular weight excluding hydrogens is 238 g/mol. The van der Waals surface area contributed by atoms with Crippen molar-refractivity contribution in [3.8, 4) is 0 Å². The normalized spacial score (nSPS) is 14.8. The van der Waals surface area contributed by atoms with Crippen LogP contribution in [0.4, 0.5) is 0 Å². The molecule has 0 bridgehead atoms. The van der Waals surface area contributed by atoms with Crippen LogP contribution in [-0.2, 0) is 4.79 Å². The van der Waals surface area contributed by atoms with Crippen LogP contribution in [0.2, 0.25) is 5.02 Å². The third kappa shape index (κ3) is 2.03. The molecule has 0 saturated carbocycles. The molecule has 0 aliphatic rings. The summed E-state index contributed by atoms with van der Waals surface area (Å²) in [6, 6.07) is 7.49. The van der Waals surface area contributed by atoms with Crippen LogP contribution in [-0.4, -0.2) is 15.6 Å². The minimum atomic E-state index is -0.800. The SMILES string of the molecule is CC(C(=O)O)C(C)n1ccc2cccc(Cl)c21. The molecule has 0 saturated heterocycles. The highest BCUT2D eigenvalue weighted by Gasteiger charge is 2.22. The summed E-state index contributed by atoms with van der Waals surface area (Å²) in [6.07, 6.45) is 1.89. The predicted octanol–water partition coefficient (Wildman–Crippen LogP) is 3.58. The van der Waals surface area contributed by atoms with Gasteiger partial charge in [-0.05, 0) is 26.0 Å². The van der Waals surface area contributed by atoms with Gasteiger partial charge in [-0.2, -0.15) is 0 Å². The summed E-state index contributed by atoms with van der Waals surface area (Å²) in [7, 11) is 0. The first-order valence-electron chi connectivity index (χ1n) is 5.50. The van der Waals surface area contributed by atoms with Crippen LogP contribution in [0.5, 0.6) is 0 Å². The van der Waals surface area contributed by atoms with Crippen LogP contribution in [0, 0.1) is 5.92 Å². The molecule has 2 aromatic rings. The van der Waals surface area contributed by atoms with Crippen LogP contribution in [0.1, 0.15) is 19.9 Å². The van der Waals surface area contributed by atoms with Crippen LogP contribution < -0.4 is 0 Å². The zero-order valence-corrected chi connectivity index (χ0v) is 10.5. The standard InChI is InChI=1S/C13H14ClNO2/c1-8(13(16)17)9(2)15-7-6-10-4-3-5-11(14)12(10)15/h3-9H,1-2H3,(H,16,17). The highest BCUT2D eigenvalue weighted by molar-refractivity contribution is 6.35. The fourth-order valence-corrected chi connectivity index (χ4v) is 2.24. The highest BCUT2D eigenvalue weighted by atomic mass is 35.5. The van der Waals surface area contributed by atoms with Crippen molar-refractivity contribution < 1.29 is 9.90 Å². The molecule has 2 unspecified atom stereocenters. The maximum Gasteiger partial charge on any atom is 0.308 e. The quantitative estimate of drug-likeness (QED) is 0.906. The molecule has 3 nitrogen and oxygen atoms in total. The van der Waals surface area contributed by atoms with E-state index in [0.717, 1.165) is 10.9 Å². The van der Waals surface area contributed by atoms with Crippen molar-refractivity contribution in [2.75, 3.05) is 0 Å². The van der Waals surface area contributed by atoms with Crippen molar-refractivity contribution in [1.29, 1.82) is 0 Å². The third-order valence-electron chi connectivity index (χ3n) is 3.24. The van der Waals surface area contributed by atoms with E-state index in [-0.39, 0.29) is 6.04 Å². The highest BCUT2D eigenvalue weighted by Crippen LogP contribution is 2.29. The average molecular weight is 252 g/mol. The van der Waals surface area contributed by atoms with Gasteiger partial charge in [0.25, 0.3) is 0 Å². The Kier molecular flexibility index (Phi) is 3.11. The van der Waals surface area contributed by atoms with Gasteiger partial charge in [-0.15, -0.1) is 0 Å². The number of carboxylic acids is 1. The van der Waals surface area contributed by atoms with Gasteiger partial charge in [0.2, 0.25) is 0 Å². The minimum absolute atomic E-state index is 0.134. The second kappa shape index (κ2) is 4.41. The van der Waals surface area contributed by atoms with Gasteiger partial charge in [0.05, 0.1) is 16.5 Å². The van der Waals surface area contributed by atoms with Crippen molar-refractivity contribution in [2.45, 2.75) is 19.9 Å². The number of hydrogen-bond donors (Lipinski definition) is 1. The van der Waals surface area contributed by atoms with Crippen LogP contribution in [0.25, 0.3) is 10.9 Å². The van der Waals surface area contributed by atoms with E-state index >= 15 is 0 Å². The van der Waals surface area contributed by atoms with E-state index in [4.69, 9.17) is 16.7 Å². The Bertz CT molecular complexity index is 562. The lowest BCUT2D eigenvalue weighted by Gasteiger charge is -2.19. The molecule has 0 spiro atoms. The lowest BCUT2D eigenvalue weighted by atomic mass is 10.0. The summed E-state index contributed by atoms with van der Waals surface area (Å²) < 4.78 is 1.93. The number of aromatic nitrogens is 1. The number of aliphatic carboxylic acids is 1. The smallest absolute Gasteiger partial charge is 0.308 e. The van der Waals surface area contributed by atoms with Gasteiger partial charge in [0, 0.05) is 17.6 Å². The van der Waals surface area contributed by atoms with Gasteiger partial charge >= 0.3 is 5.97 Å². The molecule has 4 heteroatoms. The number of benzene rings is 1. The van der Waals surface area contributed by atoms with Crippen molar-refractivity contribution in [3.05, 3.63) is 35.5 Å².